The molecule has 0 aromatic heterocycles. The van der Waals surface area contributed by atoms with Crippen molar-refractivity contribution in [3.63, 3.8) is 0 Å². The molecule has 4 rings (SSSR count). The standard InChI is InChI=1S/C26H18Cl5F2N3O4/c1-2-40-25(39)36-22-17(32)7-8-18(21(22)33)35-23(37)13-10-12(4-6-14(13)27)34-24(38)20-19(26(20,30)31)11-3-5-15(28)16(29)9-11/h3-10,19-20H,2H2,1H3,(H,34,38)(H,35,37)(H,36,39)/t19-,20?/m0/s1. The lowest BCUT2D eigenvalue weighted by Gasteiger charge is -2.13. The number of alkyl halides is 2. The maximum atomic E-state index is 14.9. The van der Waals surface area contributed by atoms with Crippen LogP contribution in [-0.2, 0) is 9.53 Å². The van der Waals surface area contributed by atoms with E-state index in [0.717, 1.165) is 12.1 Å². The Kier molecular flexibility index (Phi) is 9.02. The van der Waals surface area contributed by atoms with Gasteiger partial charge in [0, 0.05) is 11.6 Å². The van der Waals surface area contributed by atoms with Gasteiger partial charge in [0.1, 0.15) is 15.8 Å². The van der Waals surface area contributed by atoms with Gasteiger partial charge in [-0.3, -0.25) is 14.9 Å². The van der Waals surface area contributed by atoms with Crippen LogP contribution in [0.1, 0.15) is 28.8 Å². The number of benzene rings is 3. The molecule has 3 aromatic carbocycles. The first-order valence-corrected chi connectivity index (χ1v) is 13.4. The Hall–Kier alpha value is -2.82. The van der Waals surface area contributed by atoms with Crippen molar-refractivity contribution in [2.45, 2.75) is 17.2 Å². The molecule has 0 heterocycles. The second-order valence-corrected chi connectivity index (χ2v) is 11.2. The first-order valence-electron chi connectivity index (χ1n) is 11.5. The Morgan fingerprint density at radius 1 is 0.900 bits per heavy atom. The largest absolute Gasteiger partial charge is 0.450 e. The van der Waals surface area contributed by atoms with E-state index in [1.807, 2.05) is 5.32 Å². The molecule has 2 atom stereocenters. The number of hydrogen-bond acceptors (Lipinski definition) is 4. The molecular weight excluding hydrogens is 634 g/mol. The van der Waals surface area contributed by atoms with Crippen molar-refractivity contribution in [1.29, 1.82) is 0 Å². The van der Waals surface area contributed by atoms with E-state index in [1.165, 1.54) is 25.1 Å². The first kappa shape index (κ1) is 30.1. The number of carbonyl (C=O) groups excluding carboxylic acids is 3. The van der Waals surface area contributed by atoms with Gasteiger partial charge in [-0.2, -0.15) is 0 Å². The van der Waals surface area contributed by atoms with Gasteiger partial charge < -0.3 is 15.4 Å². The summed E-state index contributed by atoms with van der Waals surface area (Å²) in [5.74, 6) is -5.16. The van der Waals surface area contributed by atoms with Crippen molar-refractivity contribution in [2.75, 3.05) is 22.6 Å². The second-order valence-electron chi connectivity index (χ2n) is 8.57. The third kappa shape index (κ3) is 6.24. The molecule has 0 bridgehead atoms. The van der Waals surface area contributed by atoms with E-state index in [1.54, 1.807) is 18.2 Å². The molecule has 0 aliphatic heterocycles. The van der Waals surface area contributed by atoms with E-state index in [4.69, 9.17) is 58.0 Å². The van der Waals surface area contributed by atoms with Gasteiger partial charge in [0.05, 0.1) is 38.8 Å². The SMILES string of the molecule is CCOC(=O)Nc1c(F)ccc(NC(=O)c2cc(NC(=O)C3[C@H](c4ccc(Cl)c(Cl)c4)C3(Cl)Cl)ccc2Cl)c1F. The van der Waals surface area contributed by atoms with Gasteiger partial charge in [-0.25, -0.2) is 13.6 Å². The molecular formula is C26H18Cl5F2N3O4. The molecule has 3 amide bonds. The summed E-state index contributed by atoms with van der Waals surface area (Å²) in [7, 11) is 0. The van der Waals surface area contributed by atoms with Gasteiger partial charge in [0.2, 0.25) is 5.91 Å². The maximum Gasteiger partial charge on any atom is 0.411 e. The van der Waals surface area contributed by atoms with Crippen LogP contribution in [0.3, 0.4) is 0 Å². The number of anilines is 3. The fraction of sp³-hybridized carbons (Fsp3) is 0.192. The molecule has 1 aliphatic rings. The van der Waals surface area contributed by atoms with Gasteiger partial charge in [0.15, 0.2) is 5.82 Å². The molecule has 7 nitrogen and oxygen atoms in total. The third-order valence-corrected chi connectivity index (χ3v) is 7.97. The van der Waals surface area contributed by atoms with Crippen molar-refractivity contribution in [2.24, 2.45) is 5.92 Å². The van der Waals surface area contributed by atoms with Crippen LogP contribution in [0.2, 0.25) is 15.1 Å². The van der Waals surface area contributed by atoms with Gasteiger partial charge in [-0.05, 0) is 55.0 Å². The number of ether oxygens (including phenoxy) is 1. The molecule has 3 N–H and O–H groups in total. The summed E-state index contributed by atoms with van der Waals surface area (Å²) in [6.45, 7) is 1.49. The molecule has 1 unspecified atom stereocenters. The zero-order valence-electron chi connectivity index (χ0n) is 20.3. The number of rotatable bonds is 7. The highest BCUT2D eigenvalue weighted by Crippen LogP contribution is 2.65. The lowest BCUT2D eigenvalue weighted by molar-refractivity contribution is -0.117. The predicted molar refractivity (Wildman–Crippen MR) is 152 cm³/mol. The summed E-state index contributed by atoms with van der Waals surface area (Å²) in [4.78, 5) is 37.6. The van der Waals surface area contributed by atoms with Crippen LogP contribution in [0.25, 0.3) is 0 Å². The van der Waals surface area contributed by atoms with Gasteiger partial charge in [0.25, 0.3) is 5.91 Å². The van der Waals surface area contributed by atoms with Crippen LogP contribution in [0, 0.1) is 17.6 Å². The minimum atomic E-state index is -1.41. The summed E-state index contributed by atoms with van der Waals surface area (Å²) in [6.07, 6.45) is -1.08. The van der Waals surface area contributed by atoms with E-state index in [2.05, 4.69) is 15.4 Å². The van der Waals surface area contributed by atoms with Crippen LogP contribution >= 0.6 is 58.0 Å². The highest BCUT2D eigenvalue weighted by atomic mass is 35.5. The van der Waals surface area contributed by atoms with Crippen molar-refractivity contribution in [3.05, 3.63) is 86.4 Å². The highest BCUT2D eigenvalue weighted by molar-refractivity contribution is 6.53. The highest BCUT2D eigenvalue weighted by Gasteiger charge is 2.67. The molecule has 14 heteroatoms. The van der Waals surface area contributed by atoms with Crippen molar-refractivity contribution in [1.82, 2.24) is 0 Å². The summed E-state index contributed by atoms with van der Waals surface area (Å²) >= 11 is 31.0. The molecule has 0 spiro atoms. The monoisotopic (exact) mass is 649 g/mol. The molecule has 1 fully saturated rings. The Morgan fingerprint density at radius 2 is 1.60 bits per heavy atom. The maximum absolute atomic E-state index is 14.9. The van der Waals surface area contributed by atoms with Crippen molar-refractivity contribution in [3.8, 4) is 0 Å². The zero-order chi connectivity index (χ0) is 29.4. The zero-order valence-corrected chi connectivity index (χ0v) is 24.0. The quantitative estimate of drug-likeness (QED) is 0.224. The topological polar surface area (TPSA) is 96.5 Å². The first-order chi connectivity index (χ1) is 18.8. The number of amides is 3. The summed E-state index contributed by atoms with van der Waals surface area (Å²) in [5, 5.41) is 7.46. The van der Waals surface area contributed by atoms with Gasteiger partial charge in [-0.1, -0.05) is 40.9 Å². The summed E-state index contributed by atoms with van der Waals surface area (Å²) < 4.78 is 32.2. The molecule has 0 saturated heterocycles. The third-order valence-electron chi connectivity index (χ3n) is 5.96. The molecule has 210 valence electrons. The Balaban J connectivity index is 1.51. The van der Waals surface area contributed by atoms with Crippen LogP contribution in [-0.4, -0.2) is 28.8 Å². The Labute approximate surface area is 252 Å². The number of hydrogen-bond donors (Lipinski definition) is 3. The number of carbonyl (C=O) groups is 3. The summed E-state index contributed by atoms with van der Waals surface area (Å²) in [6, 6.07) is 10.7. The minimum Gasteiger partial charge on any atom is -0.450 e. The molecule has 1 saturated carbocycles. The lowest BCUT2D eigenvalue weighted by Crippen LogP contribution is -2.19. The number of halogens is 7. The second kappa shape index (κ2) is 12.0. The fourth-order valence-electron chi connectivity index (χ4n) is 3.99. The van der Waals surface area contributed by atoms with E-state index < -0.39 is 57.1 Å². The fourth-order valence-corrected chi connectivity index (χ4v) is 5.33. The van der Waals surface area contributed by atoms with Crippen LogP contribution in [0.15, 0.2) is 48.5 Å². The molecule has 40 heavy (non-hydrogen) atoms. The average Bonchev–Trinajstić information content (AvgIpc) is 3.48. The summed E-state index contributed by atoms with van der Waals surface area (Å²) in [5.41, 5.74) is -0.598. The molecule has 1 aliphatic carbocycles. The van der Waals surface area contributed by atoms with E-state index in [0.29, 0.717) is 10.6 Å². The van der Waals surface area contributed by atoms with Crippen molar-refractivity contribution < 1.29 is 27.9 Å². The minimum absolute atomic E-state index is 0.0213. The van der Waals surface area contributed by atoms with Crippen molar-refractivity contribution >= 4 is 93.0 Å². The normalized spacial score (nSPS) is 17.1. The van der Waals surface area contributed by atoms with Crippen LogP contribution in [0.4, 0.5) is 30.6 Å². The average molecular weight is 652 g/mol. The smallest absolute Gasteiger partial charge is 0.411 e. The van der Waals surface area contributed by atoms with E-state index in [-0.39, 0.29) is 27.9 Å². The Morgan fingerprint density at radius 3 is 2.27 bits per heavy atom. The van der Waals surface area contributed by atoms with Crippen LogP contribution in [0.5, 0.6) is 0 Å². The van der Waals surface area contributed by atoms with E-state index in [9.17, 15) is 23.2 Å². The molecule has 0 radical (unpaired) electrons. The lowest BCUT2D eigenvalue weighted by atomic mass is 10.1. The number of nitrogens with one attached hydrogen (secondary N) is 3. The predicted octanol–water partition coefficient (Wildman–Crippen LogP) is 8.27. The van der Waals surface area contributed by atoms with E-state index >= 15 is 0 Å². The Bertz CT molecular complexity index is 1520. The van der Waals surface area contributed by atoms with Gasteiger partial charge >= 0.3 is 6.09 Å². The van der Waals surface area contributed by atoms with Crippen LogP contribution < -0.4 is 16.0 Å². The molecule has 3 aromatic rings. The van der Waals surface area contributed by atoms with Gasteiger partial charge in [-0.15, -0.1) is 23.2 Å².